The van der Waals surface area contributed by atoms with Gasteiger partial charge in [0.2, 0.25) is 0 Å². The summed E-state index contributed by atoms with van der Waals surface area (Å²) in [5.41, 5.74) is 1.85. The topological polar surface area (TPSA) is 30.2 Å². The van der Waals surface area contributed by atoms with Gasteiger partial charge in [-0.3, -0.25) is 4.40 Å². The molecule has 0 amide bonds. The summed E-state index contributed by atoms with van der Waals surface area (Å²) in [4.78, 5) is 8.80. The fraction of sp³-hybridized carbons (Fsp3) is 0.0909. The lowest BCUT2D eigenvalue weighted by Gasteiger charge is -2.04. The normalized spacial score (nSPS) is 11.3. The third kappa shape index (κ3) is 1.20. The quantitative estimate of drug-likeness (QED) is 0.587. The summed E-state index contributed by atoms with van der Waals surface area (Å²) >= 11 is 5.85. The van der Waals surface area contributed by atoms with Gasteiger partial charge in [-0.2, -0.15) is 0 Å². The molecule has 74 valence electrons. The Hall–Kier alpha value is -1.61. The van der Waals surface area contributed by atoms with Crippen LogP contribution in [0.15, 0.2) is 36.7 Å². The fourth-order valence-electron chi connectivity index (χ4n) is 1.76. The van der Waals surface area contributed by atoms with Gasteiger partial charge in [-0.1, -0.05) is 12.1 Å². The standard InChI is InChI=1S/C11H8ClN3/c12-7-10-14-9-4-2-1-3-8(9)11-13-5-6-15(10)11/h1-6H,7H2. The maximum atomic E-state index is 5.85. The zero-order valence-corrected chi connectivity index (χ0v) is 8.65. The van der Waals surface area contributed by atoms with Crippen molar-refractivity contribution in [2.45, 2.75) is 5.88 Å². The number of nitrogens with zero attached hydrogens (tertiary/aromatic N) is 3. The molecule has 0 N–H and O–H groups in total. The van der Waals surface area contributed by atoms with Crippen molar-refractivity contribution in [3.8, 4) is 0 Å². The van der Waals surface area contributed by atoms with E-state index < -0.39 is 0 Å². The molecule has 0 radical (unpaired) electrons. The highest BCUT2D eigenvalue weighted by atomic mass is 35.5. The van der Waals surface area contributed by atoms with Crippen molar-refractivity contribution in [2.75, 3.05) is 0 Å². The number of aromatic nitrogens is 3. The first kappa shape index (κ1) is 8.68. The lowest BCUT2D eigenvalue weighted by molar-refractivity contribution is 0.993. The number of alkyl halides is 1. The number of hydrogen-bond donors (Lipinski definition) is 0. The van der Waals surface area contributed by atoms with E-state index in [1.807, 2.05) is 34.9 Å². The number of rotatable bonds is 1. The van der Waals surface area contributed by atoms with Gasteiger partial charge in [-0.25, -0.2) is 9.97 Å². The molecule has 0 aliphatic heterocycles. The van der Waals surface area contributed by atoms with Crippen molar-refractivity contribution >= 4 is 28.2 Å². The molecule has 2 aromatic heterocycles. The van der Waals surface area contributed by atoms with Crippen LogP contribution in [0.25, 0.3) is 16.6 Å². The van der Waals surface area contributed by atoms with E-state index in [-0.39, 0.29) is 0 Å². The largest absolute Gasteiger partial charge is 0.286 e. The van der Waals surface area contributed by atoms with Crippen molar-refractivity contribution in [3.05, 3.63) is 42.5 Å². The fourth-order valence-corrected chi connectivity index (χ4v) is 1.95. The minimum Gasteiger partial charge on any atom is -0.286 e. The molecule has 2 heterocycles. The lowest BCUT2D eigenvalue weighted by atomic mass is 10.2. The molecule has 0 spiro atoms. The third-order valence-electron chi connectivity index (χ3n) is 2.43. The van der Waals surface area contributed by atoms with E-state index in [0.717, 1.165) is 22.4 Å². The van der Waals surface area contributed by atoms with Crippen LogP contribution in [0, 0.1) is 0 Å². The average molecular weight is 218 g/mol. The number of benzene rings is 1. The summed E-state index contributed by atoms with van der Waals surface area (Å²) in [6.07, 6.45) is 3.64. The van der Waals surface area contributed by atoms with Gasteiger partial charge in [0.05, 0.1) is 11.4 Å². The first-order chi connectivity index (χ1) is 7.40. The van der Waals surface area contributed by atoms with Gasteiger partial charge >= 0.3 is 0 Å². The van der Waals surface area contributed by atoms with Gasteiger partial charge in [0, 0.05) is 17.8 Å². The highest BCUT2D eigenvalue weighted by Crippen LogP contribution is 2.18. The molecule has 15 heavy (non-hydrogen) atoms. The van der Waals surface area contributed by atoms with Crippen LogP contribution in [0.4, 0.5) is 0 Å². The smallest absolute Gasteiger partial charge is 0.147 e. The summed E-state index contributed by atoms with van der Waals surface area (Å²) in [7, 11) is 0. The molecule has 0 unspecified atom stereocenters. The molecule has 0 atom stereocenters. The van der Waals surface area contributed by atoms with Crippen molar-refractivity contribution in [3.63, 3.8) is 0 Å². The van der Waals surface area contributed by atoms with E-state index in [1.165, 1.54) is 0 Å². The van der Waals surface area contributed by atoms with Gasteiger partial charge in [0.15, 0.2) is 0 Å². The molecular formula is C11H8ClN3. The summed E-state index contributed by atoms with van der Waals surface area (Å²) < 4.78 is 1.93. The van der Waals surface area contributed by atoms with Gasteiger partial charge in [-0.15, -0.1) is 11.6 Å². The minimum absolute atomic E-state index is 0.387. The van der Waals surface area contributed by atoms with Crippen LogP contribution in [0.1, 0.15) is 5.82 Å². The maximum Gasteiger partial charge on any atom is 0.147 e. The Labute approximate surface area is 91.3 Å². The molecule has 3 nitrogen and oxygen atoms in total. The Balaban J connectivity index is 2.57. The van der Waals surface area contributed by atoms with Crippen LogP contribution in [0.5, 0.6) is 0 Å². The van der Waals surface area contributed by atoms with E-state index >= 15 is 0 Å². The molecule has 0 saturated carbocycles. The third-order valence-corrected chi connectivity index (χ3v) is 2.67. The Morgan fingerprint density at radius 2 is 2.13 bits per heavy atom. The van der Waals surface area contributed by atoms with Gasteiger partial charge < -0.3 is 0 Å². The van der Waals surface area contributed by atoms with Crippen molar-refractivity contribution in [1.82, 2.24) is 14.4 Å². The second-order valence-electron chi connectivity index (χ2n) is 3.30. The summed E-state index contributed by atoms with van der Waals surface area (Å²) in [5, 5.41) is 1.05. The monoisotopic (exact) mass is 217 g/mol. The summed E-state index contributed by atoms with van der Waals surface area (Å²) in [6.45, 7) is 0. The maximum absolute atomic E-state index is 5.85. The van der Waals surface area contributed by atoms with Crippen LogP contribution >= 0.6 is 11.6 Å². The van der Waals surface area contributed by atoms with Crippen LogP contribution < -0.4 is 0 Å². The minimum atomic E-state index is 0.387. The van der Waals surface area contributed by atoms with E-state index in [1.54, 1.807) is 6.20 Å². The van der Waals surface area contributed by atoms with E-state index in [2.05, 4.69) is 9.97 Å². The number of hydrogen-bond acceptors (Lipinski definition) is 2. The first-order valence-electron chi connectivity index (χ1n) is 4.67. The van der Waals surface area contributed by atoms with Crippen molar-refractivity contribution < 1.29 is 0 Å². The molecular weight excluding hydrogens is 210 g/mol. The Bertz CT molecular complexity index is 630. The van der Waals surface area contributed by atoms with Crippen LogP contribution in [0.2, 0.25) is 0 Å². The second-order valence-corrected chi connectivity index (χ2v) is 3.57. The lowest BCUT2D eigenvalue weighted by Crippen LogP contribution is -1.98. The molecule has 0 aliphatic rings. The molecule has 0 bridgehead atoms. The summed E-state index contributed by atoms with van der Waals surface area (Å²) in [6, 6.07) is 7.94. The molecule has 0 fully saturated rings. The van der Waals surface area contributed by atoms with Crippen molar-refractivity contribution in [2.24, 2.45) is 0 Å². The Kier molecular flexibility index (Phi) is 1.86. The van der Waals surface area contributed by atoms with Gasteiger partial charge in [-0.05, 0) is 12.1 Å². The van der Waals surface area contributed by atoms with E-state index in [0.29, 0.717) is 5.88 Å². The zero-order chi connectivity index (χ0) is 10.3. The van der Waals surface area contributed by atoms with Crippen LogP contribution in [-0.2, 0) is 5.88 Å². The number of para-hydroxylation sites is 1. The Morgan fingerprint density at radius 3 is 3.00 bits per heavy atom. The first-order valence-corrected chi connectivity index (χ1v) is 5.20. The van der Waals surface area contributed by atoms with Gasteiger partial charge in [0.1, 0.15) is 11.5 Å². The average Bonchev–Trinajstić information content (AvgIpc) is 2.77. The zero-order valence-electron chi connectivity index (χ0n) is 7.89. The number of halogens is 1. The van der Waals surface area contributed by atoms with Gasteiger partial charge in [0.25, 0.3) is 0 Å². The van der Waals surface area contributed by atoms with Crippen molar-refractivity contribution in [1.29, 1.82) is 0 Å². The predicted octanol–water partition coefficient (Wildman–Crippen LogP) is 2.62. The van der Waals surface area contributed by atoms with E-state index in [9.17, 15) is 0 Å². The SMILES string of the molecule is ClCc1nc2ccccc2c2nccn12. The van der Waals surface area contributed by atoms with E-state index in [4.69, 9.17) is 11.6 Å². The molecule has 1 aromatic carbocycles. The second kappa shape index (κ2) is 3.21. The molecule has 3 rings (SSSR count). The highest BCUT2D eigenvalue weighted by Gasteiger charge is 2.06. The molecule has 0 aliphatic carbocycles. The Morgan fingerprint density at radius 1 is 1.27 bits per heavy atom. The number of fused-ring (bicyclic) bond motifs is 3. The van der Waals surface area contributed by atoms with Crippen LogP contribution in [0.3, 0.4) is 0 Å². The summed E-state index contributed by atoms with van der Waals surface area (Å²) in [5.74, 6) is 1.21. The molecule has 4 heteroatoms. The highest BCUT2D eigenvalue weighted by molar-refractivity contribution is 6.16. The molecule has 3 aromatic rings. The number of imidazole rings is 1. The van der Waals surface area contributed by atoms with Crippen LogP contribution in [-0.4, -0.2) is 14.4 Å². The predicted molar refractivity (Wildman–Crippen MR) is 60.1 cm³/mol. The molecule has 0 saturated heterocycles.